The fourth-order valence-corrected chi connectivity index (χ4v) is 2.68. The van der Waals surface area contributed by atoms with Gasteiger partial charge in [0.05, 0.1) is 7.11 Å². The van der Waals surface area contributed by atoms with Gasteiger partial charge in [0.15, 0.2) is 5.11 Å². The SMILES string of the molecule is C=CCNC(=S)N1CCN(Cc2cccc(OC)c2)CC1. The van der Waals surface area contributed by atoms with Crippen LogP contribution < -0.4 is 10.1 Å². The maximum absolute atomic E-state index is 5.37. The van der Waals surface area contributed by atoms with Gasteiger partial charge in [-0.2, -0.15) is 0 Å². The lowest BCUT2D eigenvalue weighted by Gasteiger charge is -2.36. The van der Waals surface area contributed by atoms with Crippen molar-refractivity contribution >= 4 is 17.3 Å². The molecule has 4 nitrogen and oxygen atoms in total. The number of piperazine rings is 1. The van der Waals surface area contributed by atoms with Gasteiger partial charge in [0.1, 0.15) is 5.75 Å². The Bertz CT molecular complexity index is 484. The van der Waals surface area contributed by atoms with E-state index in [-0.39, 0.29) is 0 Å². The fourth-order valence-electron chi connectivity index (χ4n) is 2.41. The molecule has 0 unspecified atom stereocenters. The zero-order chi connectivity index (χ0) is 15.1. The van der Waals surface area contributed by atoms with E-state index in [2.05, 4.69) is 33.8 Å². The quantitative estimate of drug-likeness (QED) is 0.662. The van der Waals surface area contributed by atoms with Gasteiger partial charge in [-0.15, -0.1) is 6.58 Å². The molecule has 1 aromatic carbocycles. The molecule has 2 rings (SSSR count). The smallest absolute Gasteiger partial charge is 0.169 e. The minimum absolute atomic E-state index is 0.725. The number of hydrogen-bond acceptors (Lipinski definition) is 3. The van der Waals surface area contributed by atoms with Crippen molar-refractivity contribution in [2.45, 2.75) is 6.54 Å². The van der Waals surface area contributed by atoms with Gasteiger partial charge in [-0.05, 0) is 29.9 Å². The van der Waals surface area contributed by atoms with Gasteiger partial charge in [0, 0.05) is 39.3 Å². The van der Waals surface area contributed by atoms with Crippen LogP contribution in [0, 0.1) is 0 Å². The number of nitrogens with zero attached hydrogens (tertiary/aromatic N) is 2. The third-order valence-electron chi connectivity index (χ3n) is 3.60. The van der Waals surface area contributed by atoms with E-state index in [1.54, 1.807) is 7.11 Å². The molecule has 5 heteroatoms. The van der Waals surface area contributed by atoms with E-state index in [4.69, 9.17) is 17.0 Å². The molecular formula is C16H23N3OS. The third-order valence-corrected chi connectivity index (χ3v) is 4.00. The van der Waals surface area contributed by atoms with Crippen LogP contribution in [0.1, 0.15) is 5.56 Å². The minimum atomic E-state index is 0.725. The lowest BCUT2D eigenvalue weighted by atomic mass is 10.2. The van der Waals surface area contributed by atoms with Gasteiger partial charge in [-0.3, -0.25) is 4.90 Å². The van der Waals surface area contributed by atoms with E-state index < -0.39 is 0 Å². The monoisotopic (exact) mass is 305 g/mol. The first-order chi connectivity index (χ1) is 10.2. The van der Waals surface area contributed by atoms with Gasteiger partial charge >= 0.3 is 0 Å². The number of thiocarbonyl (C=S) groups is 1. The van der Waals surface area contributed by atoms with Crippen molar-refractivity contribution in [3.8, 4) is 5.75 Å². The van der Waals surface area contributed by atoms with E-state index in [0.29, 0.717) is 0 Å². The summed E-state index contributed by atoms with van der Waals surface area (Å²) in [6.45, 7) is 9.35. The Kier molecular flexibility index (Phi) is 6.02. The van der Waals surface area contributed by atoms with Crippen LogP contribution in [0.3, 0.4) is 0 Å². The Morgan fingerprint density at radius 1 is 1.38 bits per heavy atom. The van der Waals surface area contributed by atoms with Crippen LogP contribution in [0.4, 0.5) is 0 Å². The van der Waals surface area contributed by atoms with Crippen LogP contribution in [0.5, 0.6) is 5.75 Å². The number of hydrogen-bond donors (Lipinski definition) is 1. The van der Waals surface area contributed by atoms with Crippen molar-refractivity contribution < 1.29 is 4.74 Å². The minimum Gasteiger partial charge on any atom is -0.497 e. The molecule has 1 saturated heterocycles. The van der Waals surface area contributed by atoms with Crippen LogP contribution in [0.2, 0.25) is 0 Å². The summed E-state index contributed by atoms with van der Waals surface area (Å²) >= 11 is 5.37. The number of benzene rings is 1. The molecular weight excluding hydrogens is 282 g/mol. The van der Waals surface area contributed by atoms with Crippen LogP contribution in [-0.2, 0) is 6.54 Å². The van der Waals surface area contributed by atoms with Crippen molar-refractivity contribution in [3.63, 3.8) is 0 Å². The summed E-state index contributed by atoms with van der Waals surface area (Å²) in [5, 5.41) is 4.02. The Morgan fingerprint density at radius 3 is 2.81 bits per heavy atom. The van der Waals surface area contributed by atoms with E-state index in [0.717, 1.165) is 50.1 Å². The predicted molar refractivity (Wildman–Crippen MR) is 90.6 cm³/mol. The number of methoxy groups -OCH3 is 1. The topological polar surface area (TPSA) is 27.7 Å². The molecule has 0 atom stereocenters. The number of nitrogens with one attached hydrogen (secondary N) is 1. The normalized spacial score (nSPS) is 15.6. The molecule has 0 radical (unpaired) electrons. The summed E-state index contributed by atoms with van der Waals surface area (Å²) in [7, 11) is 1.70. The van der Waals surface area contributed by atoms with Crippen molar-refractivity contribution in [3.05, 3.63) is 42.5 Å². The predicted octanol–water partition coefficient (Wildman–Crippen LogP) is 1.87. The average Bonchev–Trinajstić information content (AvgIpc) is 2.53. The summed E-state index contributed by atoms with van der Waals surface area (Å²) in [6.07, 6.45) is 1.82. The standard InChI is InChI=1S/C16H23N3OS/c1-3-7-17-16(21)19-10-8-18(9-11-19)13-14-5-4-6-15(12-14)20-2/h3-6,12H,1,7-11,13H2,2H3,(H,17,21). The highest BCUT2D eigenvalue weighted by atomic mass is 32.1. The molecule has 0 aromatic heterocycles. The maximum atomic E-state index is 5.37. The third kappa shape index (κ3) is 4.72. The highest BCUT2D eigenvalue weighted by molar-refractivity contribution is 7.80. The molecule has 0 spiro atoms. The highest BCUT2D eigenvalue weighted by Crippen LogP contribution is 2.15. The molecule has 0 amide bonds. The first-order valence-electron chi connectivity index (χ1n) is 7.22. The van der Waals surface area contributed by atoms with E-state index in [1.807, 2.05) is 18.2 Å². The molecule has 1 heterocycles. The van der Waals surface area contributed by atoms with E-state index >= 15 is 0 Å². The number of ether oxygens (including phenoxy) is 1. The van der Waals surface area contributed by atoms with Crippen LogP contribution in [0.25, 0.3) is 0 Å². The Morgan fingerprint density at radius 2 is 2.14 bits per heavy atom. The number of rotatable bonds is 5. The van der Waals surface area contributed by atoms with Gasteiger partial charge < -0.3 is 15.0 Å². The van der Waals surface area contributed by atoms with Gasteiger partial charge in [-0.1, -0.05) is 18.2 Å². The highest BCUT2D eigenvalue weighted by Gasteiger charge is 2.18. The molecule has 0 saturated carbocycles. The summed E-state index contributed by atoms with van der Waals surface area (Å²) in [5.74, 6) is 0.918. The van der Waals surface area contributed by atoms with Crippen molar-refractivity contribution in [2.24, 2.45) is 0 Å². The molecule has 1 fully saturated rings. The van der Waals surface area contributed by atoms with Crippen molar-refractivity contribution in [1.29, 1.82) is 0 Å². The Balaban J connectivity index is 1.81. The summed E-state index contributed by atoms with van der Waals surface area (Å²) in [5.41, 5.74) is 1.29. The molecule has 1 aromatic rings. The summed E-state index contributed by atoms with van der Waals surface area (Å²) < 4.78 is 5.27. The largest absolute Gasteiger partial charge is 0.497 e. The lowest BCUT2D eigenvalue weighted by Crippen LogP contribution is -2.51. The molecule has 1 aliphatic rings. The fraction of sp³-hybridized carbons (Fsp3) is 0.438. The van der Waals surface area contributed by atoms with Crippen molar-refractivity contribution in [1.82, 2.24) is 15.1 Å². The van der Waals surface area contributed by atoms with Crippen LogP contribution >= 0.6 is 12.2 Å². The second-order valence-corrected chi connectivity index (χ2v) is 5.48. The van der Waals surface area contributed by atoms with Crippen LogP contribution in [0.15, 0.2) is 36.9 Å². The van der Waals surface area contributed by atoms with Gasteiger partial charge in [0.25, 0.3) is 0 Å². The zero-order valence-corrected chi connectivity index (χ0v) is 13.4. The average molecular weight is 305 g/mol. The lowest BCUT2D eigenvalue weighted by molar-refractivity contribution is 0.174. The Labute approximate surface area is 132 Å². The molecule has 114 valence electrons. The molecule has 1 N–H and O–H groups in total. The molecule has 0 bridgehead atoms. The molecule has 21 heavy (non-hydrogen) atoms. The van der Waals surface area contributed by atoms with Crippen LogP contribution in [-0.4, -0.2) is 54.7 Å². The zero-order valence-electron chi connectivity index (χ0n) is 12.5. The van der Waals surface area contributed by atoms with Gasteiger partial charge in [0.2, 0.25) is 0 Å². The molecule has 0 aliphatic carbocycles. The first-order valence-corrected chi connectivity index (χ1v) is 7.62. The summed E-state index contributed by atoms with van der Waals surface area (Å²) in [6, 6.07) is 8.26. The second-order valence-electron chi connectivity index (χ2n) is 5.09. The Hall–Kier alpha value is -1.59. The van der Waals surface area contributed by atoms with Crippen molar-refractivity contribution in [2.75, 3.05) is 39.8 Å². The maximum Gasteiger partial charge on any atom is 0.169 e. The first kappa shape index (κ1) is 15.8. The summed E-state index contributed by atoms with van der Waals surface area (Å²) in [4.78, 5) is 4.67. The second kappa shape index (κ2) is 8.00. The van der Waals surface area contributed by atoms with E-state index in [1.165, 1.54) is 5.56 Å². The van der Waals surface area contributed by atoms with Gasteiger partial charge in [-0.25, -0.2) is 0 Å². The van der Waals surface area contributed by atoms with E-state index in [9.17, 15) is 0 Å². The molecule has 1 aliphatic heterocycles.